The first kappa shape index (κ1) is 20.1. The van der Waals surface area contributed by atoms with E-state index in [-0.39, 0.29) is 17.0 Å². The summed E-state index contributed by atoms with van der Waals surface area (Å²) in [5, 5.41) is 0. The molecule has 28 heavy (non-hydrogen) atoms. The maximum Gasteiger partial charge on any atom is 0.127 e. The van der Waals surface area contributed by atoms with E-state index < -0.39 is 0 Å². The van der Waals surface area contributed by atoms with Crippen molar-refractivity contribution in [2.45, 2.75) is 45.4 Å². The lowest BCUT2D eigenvalue weighted by atomic mass is 9.79. The Labute approximate surface area is 166 Å². The Morgan fingerprint density at radius 1 is 0.857 bits per heavy atom. The second-order valence-corrected chi connectivity index (χ2v) is 7.90. The average molecular weight is 380 g/mol. The Morgan fingerprint density at radius 2 is 1.61 bits per heavy atom. The van der Waals surface area contributed by atoms with E-state index in [1.165, 1.54) is 17.7 Å². The molecular formula is C25H26F2O. The largest absolute Gasteiger partial charge is 0.457 e. The molecule has 0 aliphatic heterocycles. The summed E-state index contributed by atoms with van der Waals surface area (Å²) in [4.78, 5) is 0. The van der Waals surface area contributed by atoms with E-state index in [0.29, 0.717) is 11.3 Å². The van der Waals surface area contributed by atoms with Gasteiger partial charge in [-0.2, -0.15) is 0 Å². The quantitative estimate of drug-likeness (QED) is 0.416. The van der Waals surface area contributed by atoms with Gasteiger partial charge in [0.05, 0.1) is 0 Å². The fourth-order valence-corrected chi connectivity index (χ4v) is 3.30. The predicted molar refractivity (Wildman–Crippen MR) is 110 cm³/mol. The zero-order valence-corrected chi connectivity index (χ0v) is 16.6. The molecule has 0 heterocycles. The monoisotopic (exact) mass is 380 g/mol. The Morgan fingerprint density at radius 3 is 2.32 bits per heavy atom. The van der Waals surface area contributed by atoms with Crippen LogP contribution in [0.2, 0.25) is 0 Å². The van der Waals surface area contributed by atoms with Crippen molar-refractivity contribution < 1.29 is 13.5 Å². The van der Waals surface area contributed by atoms with Gasteiger partial charge >= 0.3 is 0 Å². The van der Waals surface area contributed by atoms with E-state index in [4.69, 9.17) is 4.74 Å². The first-order valence-electron chi connectivity index (χ1n) is 9.62. The summed E-state index contributed by atoms with van der Waals surface area (Å²) < 4.78 is 32.7. The van der Waals surface area contributed by atoms with E-state index in [1.54, 1.807) is 25.1 Å². The molecule has 0 radical (unpaired) electrons. The summed E-state index contributed by atoms with van der Waals surface area (Å²) in [7, 11) is 0. The zero-order chi connectivity index (χ0) is 20.1. The van der Waals surface area contributed by atoms with Crippen LogP contribution in [0.4, 0.5) is 8.78 Å². The first-order chi connectivity index (χ1) is 13.3. The van der Waals surface area contributed by atoms with Crippen LogP contribution in [-0.2, 0) is 11.8 Å². The molecule has 146 valence electrons. The lowest BCUT2D eigenvalue weighted by Gasteiger charge is -2.25. The van der Waals surface area contributed by atoms with Gasteiger partial charge in [-0.3, -0.25) is 0 Å². The van der Waals surface area contributed by atoms with Gasteiger partial charge in [-0.25, -0.2) is 8.78 Å². The molecule has 1 nitrogen and oxygen atoms in total. The molecule has 0 spiro atoms. The van der Waals surface area contributed by atoms with Crippen molar-refractivity contribution in [2.75, 3.05) is 0 Å². The maximum absolute atomic E-state index is 13.9. The molecule has 0 fully saturated rings. The average Bonchev–Trinajstić information content (AvgIpc) is 2.66. The molecule has 3 rings (SSSR count). The van der Waals surface area contributed by atoms with Crippen molar-refractivity contribution in [1.29, 1.82) is 0 Å². The SMILES string of the molecule is Cc1ccc(C(C)(C)CCCc2cccc(Oc3ccc(F)cc3)c2)cc1F. The molecule has 0 aliphatic carbocycles. The predicted octanol–water partition coefficient (Wildman–Crippen LogP) is 7.37. The highest BCUT2D eigenvalue weighted by Gasteiger charge is 2.21. The summed E-state index contributed by atoms with van der Waals surface area (Å²) >= 11 is 0. The van der Waals surface area contributed by atoms with Crippen molar-refractivity contribution in [1.82, 2.24) is 0 Å². The standard InChI is InChI=1S/C25H26F2O/c1-18-9-10-20(17-24(18)27)25(2,3)15-5-7-19-6-4-8-23(16-19)28-22-13-11-21(26)12-14-22/h4,6,8-14,16-17H,5,7,15H2,1-3H3. The minimum Gasteiger partial charge on any atom is -0.457 e. The molecule has 0 atom stereocenters. The molecular weight excluding hydrogens is 354 g/mol. The normalized spacial score (nSPS) is 11.5. The van der Waals surface area contributed by atoms with Crippen LogP contribution in [0.5, 0.6) is 11.5 Å². The molecule has 3 heteroatoms. The summed E-state index contributed by atoms with van der Waals surface area (Å²) in [5.74, 6) is 0.929. The molecule has 0 N–H and O–H groups in total. The summed E-state index contributed by atoms with van der Waals surface area (Å²) in [6, 6.07) is 19.5. The Kier molecular flexibility index (Phi) is 6.13. The second-order valence-electron chi connectivity index (χ2n) is 7.90. The topological polar surface area (TPSA) is 9.23 Å². The smallest absolute Gasteiger partial charge is 0.127 e. The van der Waals surface area contributed by atoms with Gasteiger partial charge in [0.25, 0.3) is 0 Å². The van der Waals surface area contributed by atoms with Gasteiger partial charge in [0.1, 0.15) is 23.1 Å². The first-order valence-corrected chi connectivity index (χ1v) is 9.62. The van der Waals surface area contributed by atoms with Crippen LogP contribution in [0.3, 0.4) is 0 Å². The van der Waals surface area contributed by atoms with Crippen molar-refractivity contribution in [3.8, 4) is 11.5 Å². The van der Waals surface area contributed by atoms with Crippen LogP contribution in [-0.4, -0.2) is 0 Å². The van der Waals surface area contributed by atoms with Gasteiger partial charge in [-0.05, 0) is 90.8 Å². The molecule has 0 saturated heterocycles. The minimum absolute atomic E-state index is 0.0865. The van der Waals surface area contributed by atoms with Crippen LogP contribution < -0.4 is 4.74 Å². The molecule has 0 amide bonds. The number of aryl methyl sites for hydroxylation is 2. The summed E-state index contributed by atoms with van der Waals surface area (Å²) in [6.07, 6.45) is 2.86. The molecule has 0 unspecified atom stereocenters. The number of rotatable bonds is 7. The highest BCUT2D eigenvalue weighted by molar-refractivity contribution is 5.34. The van der Waals surface area contributed by atoms with Crippen LogP contribution >= 0.6 is 0 Å². The Hall–Kier alpha value is -2.68. The van der Waals surface area contributed by atoms with Crippen LogP contribution in [0.15, 0.2) is 66.7 Å². The molecule has 0 bridgehead atoms. The van der Waals surface area contributed by atoms with Gasteiger partial charge < -0.3 is 4.74 Å². The number of ether oxygens (including phenoxy) is 1. The third kappa shape index (κ3) is 5.19. The Balaban J connectivity index is 1.59. The lowest BCUT2D eigenvalue weighted by molar-refractivity contribution is 0.456. The van der Waals surface area contributed by atoms with Gasteiger partial charge in [0, 0.05) is 0 Å². The van der Waals surface area contributed by atoms with E-state index >= 15 is 0 Å². The molecule has 0 aliphatic rings. The summed E-state index contributed by atoms with van der Waals surface area (Å²) in [5.41, 5.74) is 2.81. The van der Waals surface area contributed by atoms with E-state index in [9.17, 15) is 8.78 Å². The molecule has 0 aromatic heterocycles. The van der Waals surface area contributed by atoms with Crippen molar-refractivity contribution in [2.24, 2.45) is 0 Å². The minimum atomic E-state index is -0.280. The van der Waals surface area contributed by atoms with Gasteiger partial charge in [0.15, 0.2) is 0 Å². The fourth-order valence-electron chi connectivity index (χ4n) is 3.30. The van der Waals surface area contributed by atoms with Crippen molar-refractivity contribution >= 4 is 0 Å². The van der Waals surface area contributed by atoms with Gasteiger partial charge in [-0.15, -0.1) is 0 Å². The highest BCUT2D eigenvalue weighted by atomic mass is 19.1. The van der Waals surface area contributed by atoms with E-state index in [0.717, 1.165) is 30.6 Å². The molecule has 3 aromatic rings. The van der Waals surface area contributed by atoms with Crippen molar-refractivity contribution in [3.05, 3.63) is 95.1 Å². The zero-order valence-electron chi connectivity index (χ0n) is 16.6. The Bertz CT molecular complexity index is 930. The fraction of sp³-hybridized carbons (Fsp3) is 0.280. The van der Waals surface area contributed by atoms with Crippen LogP contribution in [0.25, 0.3) is 0 Å². The third-order valence-electron chi connectivity index (χ3n) is 5.17. The van der Waals surface area contributed by atoms with Crippen LogP contribution in [0.1, 0.15) is 43.4 Å². The third-order valence-corrected chi connectivity index (χ3v) is 5.17. The number of halogens is 2. The highest BCUT2D eigenvalue weighted by Crippen LogP contribution is 2.31. The van der Waals surface area contributed by atoms with E-state index in [2.05, 4.69) is 19.9 Å². The number of hydrogen-bond donors (Lipinski definition) is 0. The lowest BCUT2D eigenvalue weighted by Crippen LogP contribution is -2.17. The van der Waals surface area contributed by atoms with Gasteiger partial charge in [-0.1, -0.05) is 38.1 Å². The summed E-state index contributed by atoms with van der Waals surface area (Å²) in [6.45, 7) is 6.10. The van der Waals surface area contributed by atoms with E-state index in [1.807, 2.05) is 30.3 Å². The molecule has 0 saturated carbocycles. The number of hydrogen-bond acceptors (Lipinski definition) is 1. The number of benzene rings is 3. The maximum atomic E-state index is 13.9. The molecule has 3 aromatic carbocycles. The van der Waals surface area contributed by atoms with Crippen molar-refractivity contribution in [3.63, 3.8) is 0 Å². The van der Waals surface area contributed by atoms with Gasteiger partial charge in [0.2, 0.25) is 0 Å². The van der Waals surface area contributed by atoms with Crippen LogP contribution in [0, 0.1) is 18.6 Å². The second kappa shape index (κ2) is 8.55.